The predicted octanol–water partition coefficient (Wildman–Crippen LogP) is 20.7. The van der Waals surface area contributed by atoms with Gasteiger partial charge in [-0.3, -0.25) is 29.8 Å². The topological polar surface area (TPSA) is 87.1 Å². The molecule has 0 saturated carbocycles. The van der Waals surface area contributed by atoms with Crippen molar-refractivity contribution >= 4 is 51.3 Å². The number of anilines is 9. The molecule has 6 aliphatic carbocycles. The molecule has 12 heterocycles. The second-order valence-corrected chi connectivity index (χ2v) is 30.7. The maximum atomic E-state index is 4.84. The molecule has 27 rings (SSSR count). The Kier molecular flexibility index (Phi) is 11.4. The Morgan fingerprint density at radius 3 is 1.24 bits per heavy atom. The number of rotatable bonds is 0. The lowest BCUT2D eigenvalue weighted by atomic mass is 9.87. The smallest absolute Gasteiger partial charge is 0.141 e. The fourth-order valence-electron chi connectivity index (χ4n) is 20.8. The molecule has 0 unspecified atom stereocenters. The fraction of sp³-hybridized carbons (Fsp3) is 0.125. The number of fused-ring (bicyclic) bond motifs is 32. The third-order valence-corrected chi connectivity index (χ3v) is 25.2. The molecule has 0 spiro atoms. The zero-order valence-corrected chi connectivity index (χ0v) is 57.5. The monoisotopic (exact) mass is 1340 g/mol. The third-order valence-electron chi connectivity index (χ3n) is 25.2. The van der Waals surface area contributed by atoms with Crippen LogP contribution in [0.3, 0.4) is 0 Å². The second kappa shape index (κ2) is 21.0. The summed E-state index contributed by atoms with van der Waals surface area (Å²) in [4.78, 5) is 35.6. The van der Waals surface area contributed by atoms with Crippen LogP contribution in [0.15, 0.2) is 238 Å². The van der Waals surface area contributed by atoms with E-state index in [-0.39, 0.29) is 0 Å². The van der Waals surface area contributed by atoms with Crippen molar-refractivity contribution in [1.29, 1.82) is 0 Å². The van der Waals surface area contributed by atoms with E-state index in [4.69, 9.17) is 24.9 Å². The van der Waals surface area contributed by atoms with Gasteiger partial charge < -0.3 is 9.80 Å². The highest BCUT2D eigenvalue weighted by Crippen LogP contribution is 2.59. The summed E-state index contributed by atoms with van der Waals surface area (Å²) in [5, 5.41) is 0. The predicted molar refractivity (Wildman–Crippen MR) is 416 cm³/mol. The van der Waals surface area contributed by atoms with Gasteiger partial charge in [0.2, 0.25) is 0 Å². The van der Waals surface area contributed by atoms with Crippen LogP contribution in [0, 0.1) is 0 Å². The van der Waals surface area contributed by atoms with Crippen LogP contribution >= 0.6 is 0 Å². The summed E-state index contributed by atoms with van der Waals surface area (Å²) in [5.74, 6) is 1.06. The van der Waals surface area contributed by atoms with Gasteiger partial charge >= 0.3 is 0 Å². The quantitative estimate of drug-likeness (QED) is 0.147. The summed E-state index contributed by atoms with van der Waals surface area (Å²) in [5.41, 5.74) is 60.1. The number of hydrogen-bond donors (Lipinski definition) is 0. The molecule has 0 amide bonds. The highest BCUT2D eigenvalue weighted by molar-refractivity contribution is 5.98. The molecular formula is C96H63N9. The van der Waals surface area contributed by atoms with Crippen LogP contribution < -0.4 is 14.7 Å². The summed E-state index contributed by atoms with van der Waals surface area (Å²) < 4.78 is 0. The van der Waals surface area contributed by atoms with Crippen LogP contribution in [-0.4, -0.2) is 29.9 Å². The molecule has 6 aromatic heterocycles. The van der Waals surface area contributed by atoms with Crippen LogP contribution in [0.25, 0.3) is 66.8 Å². The maximum absolute atomic E-state index is 4.84. The Labute approximate surface area is 607 Å². The van der Waals surface area contributed by atoms with Crippen LogP contribution in [0.4, 0.5) is 51.3 Å². The molecule has 9 nitrogen and oxygen atoms in total. The molecule has 492 valence electrons. The Bertz CT molecular complexity index is 6270. The van der Waals surface area contributed by atoms with E-state index in [0.717, 1.165) is 106 Å². The van der Waals surface area contributed by atoms with Crippen molar-refractivity contribution in [1.82, 2.24) is 29.9 Å². The van der Waals surface area contributed by atoms with Crippen LogP contribution in [0.2, 0.25) is 0 Å². The fourth-order valence-corrected chi connectivity index (χ4v) is 20.8. The molecule has 0 bridgehead atoms. The first-order valence-electron chi connectivity index (χ1n) is 37.3. The summed E-state index contributed by atoms with van der Waals surface area (Å²) >= 11 is 0. The molecule has 15 aromatic rings. The standard InChI is InChI=1S/3C32H21N3/c1-2-6-25-18(4-1)10-21-14-27-22(13-26(21)25)12-23-17-30-24(15-28(23)27)11-19-7-9-33-29-16-20-5-3-8-34-32(20)35(30)31(19)29;1-2-5-23-18(4-1)14-26-24(23)8-7-19-12-21-16-30-22(15-25(21)31(19)26)13-20-9-11-34-28-17-27-29(6-3-10-33-27)35(30)32(20)28;1-2-4-24-18(3-1)13-27-25(24)6-5-19-11-21-16-30-22(14-26(21)31(19)27)12-20-7-10-34-28-15-23-17-33-9-8-29(23)35(30)32(20)28/h1-9,13-15,17H,10-12,16H2;1-11,15-16H,12-14,17H2;1-10,14,16-17H,11-13,15H2. The second-order valence-electron chi connectivity index (χ2n) is 30.7. The number of pyridine rings is 6. The molecule has 0 atom stereocenters. The minimum Gasteiger partial charge on any atom is -0.308 e. The van der Waals surface area contributed by atoms with Crippen molar-refractivity contribution in [3.63, 3.8) is 0 Å². The number of hydrogen-bond acceptors (Lipinski definition) is 9. The zero-order valence-electron chi connectivity index (χ0n) is 57.5. The third kappa shape index (κ3) is 8.02. The first-order chi connectivity index (χ1) is 52.0. The van der Waals surface area contributed by atoms with Gasteiger partial charge in [0.1, 0.15) is 5.82 Å². The van der Waals surface area contributed by atoms with Gasteiger partial charge in [0.25, 0.3) is 0 Å². The zero-order chi connectivity index (χ0) is 68.0. The lowest BCUT2D eigenvalue weighted by Crippen LogP contribution is -2.26. The van der Waals surface area contributed by atoms with E-state index >= 15 is 0 Å². The summed E-state index contributed by atoms with van der Waals surface area (Å²) in [7, 11) is 0. The minimum absolute atomic E-state index is 0.800. The van der Waals surface area contributed by atoms with Crippen molar-refractivity contribution in [2.24, 2.45) is 0 Å². The first-order valence-corrected chi connectivity index (χ1v) is 37.3. The summed E-state index contributed by atoms with van der Waals surface area (Å²) in [6.07, 6.45) is 25.1. The number of nitrogens with zero attached hydrogens (tertiary/aromatic N) is 9. The Morgan fingerprint density at radius 2 is 0.629 bits per heavy atom. The molecule has 0 saturated heterocycles. The van der Waals surface area contributed by atoms with Crippen molar-refractivity contribution in [3.05, 3.63) is 372 Å². The van der Waals surface area contributed by atoms with Gasteiger partial charge in [-0.05, 0) is 296 Å². The molecule has 0 N–H and O–H groups in total. The van der Waals surface area contributed by atoms with E-state index in [0.29, 0.717) is 0 Å². The van der Waals surface area contributed by atoms with E-state index in [1.165, 1.54) is 224 Å². The van der Waals surface area contributed by atoms with Gasteiger partial charge in [0.15, 0.2) is 0 Å². The van der Waals surface area contributed by atoms with Gasteiger partial charge in [-0.2, -0.15) is 0 Å². The molecular weight excluding hydrogens is 1280 g/mol. The molecule has 12 aliphatic rings. The molecule has 0 fully saturated rings. The minimum atomic E-state index is 0.800. The molecule has 6 aliphatic heterocycles. The molecule has 9 heteroatoms. The van der Waals surface area contributed by atoms with Gasteiger partial charge in [-0.1, -0.05) is 103 Å². The molecule has 105 heavy (non-hydrogen) atoms. The van der Waals surface area contributed by atoms with Crippen molar-refractivity contribution in [2.75, 3.05) is 14.7 Å². The van der Waals surface area contributed by atoms with Crippen LogP contribution in [-0.2, 0) is 77.0 Å². The summed E-state index contributed by atoms with van der Waals surface area (Å²) in [6, 6.07) is 73.1. The lowest BCUT2D eigenvalue weighted by molar-refractivity contribution is 0.926. The van der Waals surface area contributed by atoms with Crippen molar-refractivity contribution in [3.8, 4) is 66.8 Å². The normalized spacial score (nSPS) is 14.9. The van der Waals surface area contributed by atoms with E-state index in [9.17, 15) is 0 Å². The van der Waals surface area contributed by atoms with E-state index in [1.54, 1.807) is 0 Å². The van der Waals surface area contributed by atoms with E-state index < -0.39 is 0 Å². The van der Waals surface area contributed by atoms with Crippen molar-refractivity contribution in [2.45, 2.75) is 77.0 Å². The van der Waals surface area contributed by atoms with Gasteiger partial charge in [0, 0.05) is 93.0 Å². The average molecular weight is 1340 g/mol. The van der Waals surface area contributed by atoms with Crippen LogP contribution in [0.5, 0.6) is 0 Å². The van der Waals surface area contributed by atoms with E-state index in [1.807, 2.05) is 49.4 Å². The highest BCUT2D eigenvalue weighted by Gasteiger charge is 2.40. The SMILES string of the molecule is c1ccc2c(c1)Cc1c-2ccc2c1-c1cc3c(cc1C2)N1c2cccnc2Cc2nccc(c21)C3.c1ccc2c(c1)Cc1c-2ccc2c1-c1cc3c(cc1C2)N1c2ccncc2Cc2nccc(c21)C3.c1ccc2c(c1)Cc1cc3c(cc1-2)Cc1cc2c(cc1-3)Cc1ccnc3c1N2c1ncccc1C3. The lowest BCUT2D eigenvalue weighted by Gasteiger charge is -2.38. The Hall–Kier alpha value is -12.7. The van der Waals surface area contributed by atoms with Crippen molar-refractivity contribution < 1.29 is 0 Å². The maximum Gasteiger partial charge on any atom is 0.141 e. The number of aromatic nitrogens is 6. The van der Waals surface area contributed by atoms with Gasteiger partial charge in [0.05, 0.1) is 68.3 Å². The number of benzene rings is 9. The van der Waals surface area contributed by atoms with Gasteiger partial charge in [-0.25, -0.2) is 4.98 Å². The van der Waals surface area contributed by atoms with Gasteiger partial charge in [-0.15, -0.1) is 0 Å². The van der Waals surface area contributed by atoms with E-state index in [2.05, 4.69) is 208 Å². The first kappa shape index (κ1) is 56.9. The Morgan fingerprint density at radius 1 is 0.210 bits per heavy atom. The highest BCUT2D eigenvalue weighted by atomic mass is 15.2. The van der Waals surface area contributed by atoms with Crippen LogP contribution in [0.1, 0.15) is 134 Å². The average Bonchev–Trinajstić information content (AvgIpc) is 1.45. The summed E-state index contributed by atoms with van der Waals surface area (Å²) in [6.45, 7) is 0. The Balaban J connectivity index is 0.0000000914. The molecule has 0 radical (unpaired) electrons. The largest absolute Gasteiger partial charge is 0.308 e. The molecule has 9 aromatic carbocycles.